The molecule has 2 N–H and O–H groups in total. The summed E-state index contributed by atoms with van der Waals surface area (Å²) >= 11 is 0. The van der Waals surface area contributed by atoms with E-state index in [4.69, 9.17) is 0 Å². The lowest BCUT2D eigenvalue weighted by Crippen LogP contribution is -2.48. The summed E-state index contributed by atoms with van der Waals surface area (Å²) in [7, 11) is 2.14. The molecule has 0 aliphatic carbocycles. The van der Waals surface area contributed by atoms with E-state index in [-0.39, 0.29) is 12.1 Å². The zero-order valence-corrected chi connectivity index (χ0v) is 13.4. The lowest BCUT2D eigenvalue weighted by Gasteiger charge is -2.36. The highest BCUT2D eigenvalue weighted by Gasteiger charge is 2.30. The fourth-order valence-electron chi connectivity index (χ4n) is 2.31. The van der Waals surface area contributed by atoms with E-state index in [9.17, 15) is 5.11 Å². The summed E-state index contributed by atoms with van der Waals surface area (Å²) in [4.78, 5) is 2.32. The van der Waals surface area contributed by atoms with Crippen LogP contribution in [0.1, 0.15) is 39.2 Å². The van der Waals surface area contributed by atoms with Gasteiger partial charge in [-0.05, 0) is 45.8 Å². The Morgan fingerprint density at radius 1 is 1.25 bits per heavy atom. The van der Waals surface area contributed by atoms with E-state index in [1.165, 1.54) is 5.56 Å². The van der Waals surface area contributed by atoms with Gasteiger partial charge in [-0.15, -0.1) is 0 Å². The van der Waals surface area contributed by atoms with Gasteiger partial charge in [0.2, 0.25) is 0 Å². The second-order valence-electron chi connectivity index (χ2n) is 5.86. The van der Waals surface area contributed by atoms with Crippen molar-refractivity contribution in [1.29, 1.82) is 0 Å². The predicted molar refractivity (Wildman–Crippen MR) is 85.9 cm³/mol. The van der Waals surface area contributed by atoms with Crippen molar-refractivity contribution < 1.29 is 5.11 Å². The first-order valence-corrected chi connectivity index (χ1v) is 7.67. The minimum Gasteiger partial charge on any atom is -0.394 e. The summed E-state index contributed by atoms with van der Waals surface area (Å²) in [6.45, 7) is 8.55. The van der Waals surface area contributed by atoms with Crippen molar-refractivity contribution >= 4 is 0 Å². The molecule has 0 radical (unpaired) electrons. The fourth-order valence-corrected chi connectivity index (χ4v) is 2.31. The lowest BCUT2D eigenvalue weighted by atomic mass is 9.86. The third-order valence-corrected chi connectivity index (χ3v) is 4.08. The first kappa shape index (κ1) is 17.2. The first-order valence-electron chi connectivity index (χ1n) is 7.67. The van der Waals surface area contributed by atoms with Crippen molar-refractivity contribution in [2.24, 2.45) is 0 Å². The molecule has 0 aromatic heterocycles. The molecule has 0 aliphatic heterocycles. The van der Waals surface area contributed by atoms with Crippen LogP contribution in [-0.2, 0) is 5.54 Å². The molecule has 0 fully saturated rings. The van der Waals surface area contributed by atoms with E-state index < -0.39 is 0 Å². The quantitative estimate of drug-likeness (QED) is 0.729. The van der Waals surface area contributed by atoms with Crippen molar-refractivity contribution in [3.63, 3.8) is 0 Å². The minimum atomic E-state index is -0.333. The molecule has 1 rings (SSSR count). The lowest BCUT2D eigenvalue weighted by molar-refractivity contribution is 0.131. The Hall–Kier alpha value is -0.900. The number of nitrogens with zero attached hydrogens (tertiary/aromatic N) is 1. The molecule has 0 bridgehead atoms. The van der Waals surface area contributed by atoms with Crippen LogP contribution in [0.5, 0.6) is 0 Å². The number of hydrogen-bond donors (Lipinski definition) is 2. The van der Waals surface area contributed by atoms with Crippen molar-refractivity contribution in [3.8, 4) is 0 Å². The molecule has 114 valence electrons. The van der Waals surface area contributed by atoms with Gasteiger partial charge in [0.1, 0.15) is 0 Å². The van der Waals surface area contributed by atoms with Crippen molar-refractivity contribution in [2.45, 2.75) is 45.2 Å². The van der Waals surface area contributed by atoms with E-state index >= 15 is 0 Å². The Kier molecular flexibility index (Phi) is 7.20. The maximum atomic E-state index is 10.0. The van der Waals surface area contributed by atoms with Crippen molar-refractivity contribution in [2.75, 3.05) is 26.7 Å². The van der Waals surface area contributed by atoms with Gasteiger partial charge in [-0.1, -0.05) is 37.3 Å². The molecule has 0 heterocycles. The minimum absolute atomic E-state index is 0.128. The van der Waals surface area contributed by atoms with Gasteiger partial charge in [-0.25, -0.2) is 0 Å². The van der Waals surface area contributed by atoms with Gasteiger partial charge < -0.3 is 15.3 Å². The summed E-state index contributed by atoms with van der Waals surface area (Å²) in [5.74, 6) is 0. The highest BCUT2D eigenvalue weighted by molar-refractivity contribution is 5.24. The Morgan fingerprint density at radius 3 is 2.40 bits per heavy atom. The number of hydrogen-bond acceptors (Lipinski definition) is 3. The van der Waals surface area contributed by atoms with Crippen LogP contribution < -0.4 is 5.32 Å². The van der Waals surface area contributed by atoms with Crippen LogP contribution in [0.25, 0.3) is 0 Å². The van der Waals surface area contributed by atoms with Crippen LogP contribution >= 0.6 is 0 Å². The Labute approximate surface area is 124 Å². The monoisotopic (exact) mass is 278 g/mol. The summed E-state index contributed by atoms with van der Waals surface area (Å²) < 4.78 is 0. The first-order chi connectivity index (χ1) is 9.55. The van der Waals surface area contributed by atoms with E-state index in [0.717, 1.165) is 25.9 Å². The van der Waals surface area contributed by atoms with E-state index in [0.29, 0.717) is 6.04 Å². The molecule has 0 amide bonds. The summed E-state index contributed by atoms with van der Waals surface area (Å²) in [6, 6.07) is 10.8. The molecule has 20 heavy (non-hydrogen) atoms. The van der Waals surface area contributed by atoms with Crippen molar-refractivity contribution in [1.82, 2.24) is 10.2 Å². The van der Waals surface area contributed by atoms with Crippen LogP contribution in [0.4, 0.5) is 0 Å². The van der Waals surface area contributed by atoms with Crippen LogP contribution in [0.3, 0.4) is 0 Å². The molecule has 0 aliphatic rings. The van der Waals surface area contributed by atoms with Gasteiger partial charge in [-0.2, -0.15) is 0 Å². The summed E-state index contributed by atoms with van der Waals surface area (Å²) in [6.07, 6.45) is 1.97. The Balaban J connectivity index is 2.88. The molecule has 3 heteroatoms. The summed E-state index contributed by atoms with van der Waals surface area (Å²) in [5, 5.41) is 13.6. The molecule has 1 unspecified atom stereocenters. The SMILES string of the molecule is CCCNC(CO)(CCN(C)C(C)C)c1ccccc1. The zero-order valence-electron chi connectivity index (χ0n) is 13.4. The second kappa shape index (κ2) is 8.40. The molecule has 0 saturated carbocycles. The average molecular weight is 278 g/mol. The van der Waals surface area contributed by atoms with Crippen LogP contribution in [0.2, 0.25) is 0 Å². The molecule has 1 atom stereocenters. The highest BCUT2D eigenvalue weighted by Crippen LogP contribution is 2.25. The molecule has 0 saturated heterocycles. The van der Waals surface area contributed by atoms with Gasteiger partial charge in [0.15, 0.2) is 0 Å². The van der Waals surface area contributed by atoms with Gasteiger partial charge in [0.25, 0.3) is 0 Å². The average Bonchev–Trinajstić information content (AvgIpc) is 2.48. The van der Waals surface area contributed by atoms with E-state index in [1.807, 2.05) is 18.2 Å². The number of benzene rings is 1. The van der Waals surface area contributed by atoms with Crippen molar-refractivity contribution in [3.05, 3.63) is 35.9 Å². The highest BCUT2D eigenvalue weighted by atomic mass is 16.3. The Bertz CT molecular complexity index is 367. The van der Waals surface area contributed by atoms with Gasteiger partial charge in [0.05, 0.1) is 12.1 Å². The molecule has 1 aromatic carbocycles. The van der Waals surface area contributed by atoms with Gasteiger partial charge in [0, 0.05) is 12.6 Å². The molecular weight excluding hydrogens is 248 g/mol. The molecule has 3 nitrogen and oxygen atoms in total. The maximum Gasteiger partial charge on any atom is 0.0681 e. The summed E-state index contributed by atoms with van der Waals surface area (Å²) in [5.41, 5.74) is 0.841. The number of nitrogens with one attached hydrogen (secondary N) is 1. The number of aliphatic hydroxyl groups excluding tert-OH is 1. The van der Waals surface area contributed by atoms with E-state index in [2.05, 4.69) is 50.2 Å². The van der Waals surface area contributed by atoms with E-state index in [1.54, 1.807) is 0 Å². The Morgan fingerprint density at radius 2 is 1.90 bits per heavy atom. The third-order valence-electron chi connectivity index (χ3n) is 4.08. The number of rotatable bonds is 9. The fraction of sp³-hybridized carbons (Fsp3) is 0.647. The second-order valence-corrected chi connectivity index (χ2v) is 5.86. The topological polar surface area (TPSA) is 35.5 Å². The van der Waals surface area contributed by atoms with Crippen LogP contribution in [0.15, 0.2) is 30.3 Å². The number of aliphatic hydroxyl groups is 1. The molecule has 1 aromatic rings. The third kappa shape index (κ3) is 4.58. The zero-order chi connectivity index (χ0) is 15.0. The normalized spacial score (nSPS) is 14.8. The molecular formula is C17H30N2O. The van der Waals surface area contributed by atoms with Gasteiger partial charge >= 0.3 is 0 Å². The predicted octanol–water partition coefficient (Wildman–Crippen LogP) is 2.60. The van der Waals surface area contributed by atoms with Gasteiger partial charge in [-0.3, -0.25) is 0 Å². The van der Waals surface area contributed by atoms with Crippen LogP contribution in [-0.4, -0.2) is 42.8 Å². The largest absolute Gasteiger partial charge is 0.394 e. The maximum absolute atomic E-state index is 10.0. The smallest absolute Gasteiger partial charge is 0.0681 e. The van der Waals surface area contributed by atoms with Crippen LogP contribution in [0, 0.1) is 0 Å². The standard InChI is InChI=1S/C17H30N2O/c1-5-12-18-17(14-20,11-13-19(4)15(2)3)16-9-7-6-8-10-16/h6-10,15,18,20H,5,11-14H2,1-4H3. The molecule has 0 spiro atoms.